The number of nitrogens with zero attached hydrogens (tertiary/aromatic N) is 2. The molecule has 3 rings (SSSR count). The van der Waals surface area contributed by atoms with Crippen molar-refractivity contribution in [3.8, 4) is 5.75 Å². The molecule has 0 spiro atoms. The monoisotopic (exact) mass is 436 g/mol. The van der Waals surface area contributed by atoms with Crippen LogP contribution in [0.25, 0.3) is 5.57 Å². The minimum atomic E-state index is -0.363. The molecule has 1 fully saturated rings. The van der Waals surface area contributed by atoms with Gasteiger partial charge in [-0.05, 0) is 61.7 Å². The number of hydrogen-bond donors (Lipinski definition) is 0. The van der Waals surface area contributed by atoms with Crippen LogP contribution in [0.5, 0.6) is 5.75 Å². The standard InChI is InChI=1S/C26H32N2O4/c1-3-24(26(29)30-2)25-13-6-5-11-22(25)20-31-23-12-9-10-21(18-23)19-27-32-17-16-28-14-7-4-8-15-28/h3,5-6,9-13,18-19H,4,7-8,14-17,20H2,1-2H3. The lowest BCUT2D eigenvalue weighted by atomic mass is 10.00. The molecule has 0 atom stereocenters. The van der Waals surface area contributed by atoms with Gasteiger partial charge in [0.25, 0.3) is 0 Å². The smallest absolute Gasteiger partial charge is 0.338 e. The van der Waals surface area contributed by atoms with Gasteiger partial charge in [0, 0.05) is 6.54 Å². The largest absolute Gasteiger partial charge is 0.489 e. The second-order valence-corrected chi connectivity index (χ2v) is 7.68. The maximum atomic E-state index is 12.1. The first-order chi connectivity index (χ1) is 15.7. The lowest BCUT2D eigenvalue weighted by Crippen LogP contribution is -2.32. The van der Waals surface area contributed by atoms with Gasteiger partial charge in [0.05, 0.1) is 18.9 Å². The SMILES string of the molecule is CC=C(C(=O)OC)c1ccccc1COc1cccc(C=NOCCN2CCCCC2)c1. The Bertz CT molecular complexity index is 933. The van der Waals surface area contributed by atoms with Gasteiger partial charge in [-0.3, -0.25) is 4.90 Å². The average Bonchev–Trinajstić information content (AvgIpc) is 2.84. The minimum absolute atomic E-state index is 0.331. The van der Waals surface area contributed by atoms with Crippen LogP contribution in [0.15, 0.2) is 59.8 Å². The highest BCUT2D eigenvalue weighted by Gasteiger charge is 2.15. The highest BCUT2D eigenvalue weighted by Crippen LogP contribution is 2.23. The van der Waals surface area contributed by atoms with Gasteiger partial charge in [0.1, 0.15) is 19.0 Å². The van der Waals surface area contributed by atoms with Crippen molar-refractivity contribution in [3.63, 3.8) is 0 Å². The highest BCUT2D eigenvalue weighted by molar-refractivity contribution is 6.16. The van der Waals surface area contributed by atoms with Crippen LogP contribution in [0.2, 0.25) is 0 Å². The fourth-order valence-electron chi connectivity index (χ4n) is 3.75. The van der Waals surface area contributed by atoms with Gasteiger partial charge in [-0.15, -0.1) is 0 Å². The molecule has 1 aliphatic heterocycles. The zero-order valence-corrected chi connectivity index (χ0v) is 19.0. The number of carbonyl (C=O) groups excluding carboxylic acids is 1. The first kappa shape index (κ1) is 23.5. The van der Waals surface area contributed by atoms with Crippen LogP contribution < -0.4 is 4.74 Å². The summed E-state index contributed by atoms with van der Waals surface area (Å²) in [6.07, 6.45) is 7.35. The molecule has 6 heteroatoms. The number of oxime groups is 1. The Morgan fingerprint density at radius 2 is 1.91 bits per heavy atom. The van der Waals surface area contributed by atoms with Gasteiger partial charge in [0.15, 0.2) is 0 Å². The number of carbonyl (C=O) groups is 1. The van der Waals surface area contributed by atoms with Crippen LogP contribution in [0.4, 0.5) is 0 Å². The molecular weight excluding hydrogens is 404 g/mol. The fraction of sp³-hybridized carbons (Fsp3) is 0.385. The maximum absolute atomic E-state index is 12.1. The summed E-state index contributed by atoms with van der Waals surface area (Å²) in [5.74, 6) is 0.357. The highest BCUT2D eigenvalue weighted by atomic mass is 16.6. The Morgan fingerprint density at radius 3 is 2.69 bits per heavy atom. The number of esters is 1. The fourth-order valence-corrected chi connectivity index (χ4v) is 3.75. The molecule has 0 N–H and O–H groups in total. The molecule has 0 aromatic heterocycles. The Hall–Kier alpha value is -3.12. The maximum Gasteiger partial charge on any atom is 0.338 e. The predicted molar refractivity (Wildman–Crippen MR) is 127 cm³/mol. The van der Waals surface area contributed by atoms with Crippen molar-refractivity contribution in [2.45, 2.75) is 32.8 Å². The van der Waals surface area contributed by atoms with E-state index in [0.717, 1.165) is 42.1 Å². The van der Waals surface area contributed by atoms with E-state index in [1.807, 2.05) is 55.5 Å². The number of benzene rings is 2. The van der Waals surface area contributed by atoms with Crippen molar-refractivity contribution in [1.82, 2.24) is 4.90 Å². The summed E-state index contributed by atoms with van der Waals surface area (Å²) in [7, 11) is 1.38. The third-order valence-corrected chi connectivity index (χ3v) is 5.48. The van der Waals surface area contributed by atoms with Crippen LogP contribution in [-0.4, -0.2) is 50.4 Å². The van der Waals surface area contributed by atoms with Gasteiger partial charge in [-0.25, -0.2) is 4.79 Å². The molecule has 0 amide bonds. The molecule has 2 aromatic carbocycles. The molecule has 170 valence electrons. The zero-order chi connectivity index (χ0) is 22.6. The van der Waals surface area contributed by atoms with Crippen LogP contribution >= 0.6 is 0 Å². The molecule has 0 aliphatic carbocycles. The zero-order valence-electron chi connectivity index (χ0n) is 19.0. The Kier molecular flexibility index (Phi) is 9.32. The van der Waals surface area contributed by atoms with Crippen molar-refractivity contribution in [1.29, 1.82) is 0 Å². The van der Waals surface area contributed by atoms with Crippen molar-refractivity contribution in [3.05, 3.63) is 71.3 Å². The van der Waals surface area contributed by atoms with Crippen LogP contribution in [0.1, 0.15) is 42.9 Å². The number of rotatable bonds is 10. The number of allylic oxidation sites excluding steroid dienone is 1. The minimum Gasteiger partial charge on any atom is -0.489 e. The summed E-state index contributed by atoms with van der Waals surface area (Å²) < 4.78 is 10.9. The van der Waals surface area contributed by atoms with E-state index in [-0.39, 0.29) is 5.97 Å². The molecule has 1 heterocycles. The quantitative estimate of drug-likeness (QED) is 0.178. The molecule has 0 radical (unpaired) electrons. The number of hydrogen-bond acceptors (Lipinski definition) is 6. The molecule has 32 heavy (non-hydrogen) atoms. The van der Waals surface area contributed by atoms with Crippen LogP contribution in [0, 0.1) is 0 Å². The summed E-state index contributed by atoms with van der Waals surface area (Å²) in [6, 6.07) is 15.4. The van der Waals surface area contributed by atoms with Gasteiger partial charge in [-0.2, -0.15) is 0 Å². The summed E-state index contributed by atoms with van der Waals surface area (Å²) in [5.41, 5.74) is 3.14. The molecule has 1 saturated heterocycles. The molecule has 6 nitrogen and oxygen atoms in total. The molecule has 0 unspecified atom stereocenters. The van der Waals surface area contributed by atoms with E-state index in [2.05, 4.69) is 10.1 Å². The molecule has 0 bridgehead atoms. The van der Waals surface area contributed by atoms with Crippen molar-refractivity contribution in [2.24, 2.45) is 5.16 Å². The lowest BCUT2D eigenvalue weighted by molar-refractivity contribution is -0.133. The summed E-state index contributed by atoms with van der Waals surface area (Å²) in [6.45, 7) is 5.98. The number of likely N-dealkylation sites (tertiary alicyclic amines) is 1. The van der Waals surface area contributed by atoms with E-state index in [1.54, 1.807) is 12.3 Å². The van der Waals surface area contributed by atoms with Gasteiger partial charge in [0.2, 0.25) is 0 Å². The van der Waals surface area contributed by atoms with E-state index in [4.69, 9.17) is 14.3 Å². The Labute approximate surface area is 190 Å². The summed E-state index contributed by atoms with van der Waals surface area (Å²) in [5, 5.41) is 4.10. The molecular formula is C26H32N2O4. The Balaban J connectivity index is 1.54. The third kappa shape index (κ3) is 6.95. The predicted octanol–water partition coefficient (Wildman–Crippen LogP) is 4.68. The van der Waals surface area contributed by atoms with Crippen LogP contribution in [0.3, 0.4) is 0 Å². The van der Waals surface area contributed by atoms with E-state index < -0.39 is 0 Å². The summed E-state index contributed by atoms with van der Waals surface area (Å²) >= 11 is 0. The van der Waals surface area contributed by atoms with Crippen LogP contribution in [-0.2, 0) is 21.0 Å². The van der Waals surface area contributed by atoms with Crippen molar-refractivity contribution >= 4 is 17.8 Å². The van der Waals surface area contributed by atoms with E-state index in [1.165, 1.54) is 26.4 Å². The summed E-state index contributed by atoms with van der Waals surface area (Å²) in [4.78, 5) is 19.9. The van der Waals surface area contributed by atoms with E-state index >= 15 is 0 Å². The lowest BCUT2D eigenvalue weighted by Gasteiger charge is -2.25. The first-order valence-corrected chi connectivity index (χ1v) is 11.1. The number of ether oxygens (including phenoxy) is 2. The molecule has 2 aromatic rings. The van der Waals surface area contributed by atoms with Crippen molar-refractivity contribution in [2.75, 3.05) is 33.4 Å². The Morgan fingerprint density at radius 1 is 1.09 bits per heavy atom. The topological polar surface area (TPSA) is 60.4 Å². The normalized spacial score (nSPS) is 15.0. The number of piperidine rings is 1. The second-order valence-electron chi connectivity index (χ2n) is 7.68. The van der Waals surface area contributed by atoms with Gasteiger partial charge >= 0.3 is 5.97 Å². The second kappa shape index (κ2) is 12.7. The average molecular weight is 437 g/mol. The van der Waals surface area contributed by atoms with Gasteiger partial charge in [-0.1, -0.05) is 54.1 Å². The number of methoxy groups -OCH3 is 1. The molecule has 0 saturated carbocycles. The van der Waals surface area contributed by atoms with E-state index in [9.17, 15) is 4.79 Å². The molecule has 1 aliphatic rings. The van der Waals surface area contributed by atoms with E-state index in [0.29, 0.717) is 18.8 Å². The third-order valence-electron chi connectivity index (χ3n) is 5.48. The van der Waals surface area contributed by atoms with Gasteiger partial charge < -0.3 is 14.3 Å². The van der Waals surface area contributed by atoms with Crippen molar-refractivity contribution < 1.29 is 19.1 Å². The first-order valence-electron chi connectivity index (χ1n) is 11.1.